The third-order valence-electron chi connectivity index (χ3n) is 4.53. The Bertz CT molecular complexity index is 1110. The number of sulfonamides is 1. The Hall–Kier alpha value is -3.04. The van der Waals surface area contributed by atoms with Crippen LogP contribution < -0.4 is 4.72 Å². The molecule has 0 amide bonds. The maximum atomic E-state index is 14.0. The zero-order valence-electron chi connectivity index (χ0n) is 16.5. The molecular weight excluding hydrogens is 411 g/mol. The fourth-order valence-electron chi connectivity index (χ4n) is 2.89. The Labute approximate surface area is 173 Å². The quantitative estimate of drug-likeness (QED) is 0.550. The average molecular weight is 432 g/mol. The highest BCUT2D eigenvalue weighted by Gasteiger charge is 2.29. The van der Waals surface area contributed by atoms with Gasteiger partial charge in [-0.3, -0.25) is 4.79 Å². The van der Waals surface area contributed by atoms with E-state index in [0.717, 1.165) is 12.1 Å². The van der Waals surface area contributed by atoms with Crippen molar-refractivity contribution < 1.29 is 26.9 Å². The molecule has 1 aromatic heterocycles. The number of carbonyl (C=O) groups is 1. The predicted molar refractivity (Wildman–Crippen MR) is 106 cm³/mol. The number of hydrogen-bond donors (Lipinski definition) is 1. The minimum atomic E-state index is -4.30. The van der Waals surface area contributed by atoms with Crippen LogP contribution in [0.4, 0.5) is 4.39 Å². The molecule has 0 saturated heterocycles. The SMILES string of the molecule is Cc1noc(C)c1COC(=O)C(Cc1ccccc1)NS(=O)(=O)c1ccccc1F. The number of hydrogen-bond acceptors (Lipinski definition) is 6. The van der Waals surface area contributed by atoms with Crippen molar-refractivity contribution in [2.24, 2.45) is 0 Å². The van der Waals surface area contributed by atoms with Crippen molar-refractivity contribution in [1.29, 1.82) is 0 Å². The number of carbonyl (C=O) groups excluding carboxylic acids is 1. The van der Waals surface area contributed by atoms with E-state index in [1.54, 1.807) is 44.2 Å². The van der Waals surface area contributed by atoms with Crippen molar-refractivity contribution in [1.82, 2.24) is 9.88 Å². The smallest absolute Gasteiger partial charge is 0.324 e. The first-order valence-electron chi connectivity index (χ1n) is 9.17. The number of aryl methyl sites for hydroxylation is 2. The highest BCUT2D eigenvalue weighted by Crippen LogP contribution is 2.17. The Morgan fingerprint density at radius 3 is 2.43 bits per heavy atom. The van der Waals surface area contributed by atoms with Crippen LogP contribution in [-0.4, -0.2) is 25.6 Å². The zero-order chi connectivity index (χ0) is 21.7. The van der Waals surface area contributed by atoms with Crippen LogP contribution in [0.5, 0.6) is 0 Å². The minimum absolute atomic E-state index is 0.0367. The number of nitrogens with zero attached hydrogens (tertiary/aromatic N) is 1. The summed E-state index contributed by atoms with van der Waals surface area (Å²) in [7, 11) is -4.30. The summed E-state index contributed by atoms with van der Waals surface area (Å²) in [5.74, 6) is -1.20. The fourth-order valence-corrected chi connectivity index (χ4v) is 4.15. The summed E-state index contributed by atoms with van der Waals surface area (Å²) in [6, 6.07) is 12.6. The lowest BCUT2D eigenvalue weighted by molar-refractivity contribution is -0.147. The molecule has 7 nitrogen and oxygen atoms in total. The zero-order valence-corrected chi connectivity index (χ0v) is 17.3. The number of esters is 1. The number of halogens is 1. The molecule has 0 aliphatic rings. The van der Waals surface area contributed by atoms with E-state index in [1.807, 2.05) is 0 Å². The van der Waals surface area contributed by atoms with E-state index in [2.05, 4.69) is 9.88 Å². The second-order valence-electron chi connectivity index (χ2n) is 6.70. The van der Waals surface area contributed by atoms with Crippen molar-refractivity contribution >= 4 is 16.0 Å². The first kappa shape index (κ1) is 21.7. The van der Waals surface area contributed by atoms with Gasteiger partial charge < -0.3 is 9.26 Å². The molecule has 9 heteroatoms. The lowest BCUT2D eigenvalue weighted by Crippen LogP contribution is -2.43. The molecule has 0 aliphatic heterocycles. The minimum Gasteiger partial charge on any atom is -0.459 e. The molecular formula is C21H21FN2O5S. The first-order chi connectivity index (χ1) is 14.3. The Kier molecular flexibility index (Phi) is 6.63. The normalized spacial score (nSPS) is 12.5. The van der Waals surface area contributed by atoms with E-state index in [1.165, 1.54) is 12.1 Å². The van der Waals surface area contributed by atoms with Gasteiger partial charge in [-0.25, -0.2) is 12.8 Å². The van der Waals surface area contributed by atoms with Gasteiger partial charge >= 0.3 is 5.97 Å². The molecule has 1 N–H and O–H groups in total. The van der Waals surface area contributed by atoms with Crippen molar-refractivity contribution in [3.63, 3.8) is 0 Å². The molecule has 30 heavy (non-hydrogen) atoms. The summed E-state index contributed by atoms with van der Waals surface area (Å²) in [6.07, 6.45) is 0.0367. The molecule has 0 aliphatic carbocycles. The summed E-state index contributed by atoms with van der Waals surface area (Å²) in [5.41, 5.74) is 1.90. The Morgan fingerprint density at radius 1 is 1.13 bits per heavy atom. The monoisotopic (exact) mass is 432 g/mol. The molecule has 0 saturated carbocycles. The molecule has 1 atom stereocenters. The summed E-state index contributed by atoms with van der Waals surface area (Å²) >= 11 is 0. The number of aromatic nitrogens is 1. The van der Waals surface area contributed by atoms with Crippen molar-refractivity contribution in [3.8, 4) is 0 Å². The predicted octanol–water partition coefficient (Wildman–Crippen LogP) is 3.06. The van der Waals surface area contributed by atoms with Gasteiger partial charge in [0.2, 0.25) is 10.0 Å². The topological polar surface area (TPSA) is 98.5 Å². The van der Waals surface area contributed by atoms with Gasteiger partial charge in [-0.2, -0.15) is 4.72 Å². The summed E-state index contributed by atoms with van der Waals surface area (Å²) < 4.78 is 52.1. The van der Waals surface area contributed by atoms with E-state index < -0.39 is 32.7 Å². The lowest BCUT2D eigenvalue weighted by Gasteiger charge is -2.18. The second-order valence-corrected chi connectivity index (χ2v) is 8.39. The molecule has 0 bridgehead atoms. The third-order valence-corrected chi connectivity index (χ3v) is 6.04. The van der Waals surface area contributed by atoms with Gasteiger partial charge in [-0.15, -0.1) is 0 Å². The summed E-state index contributed by atoms with van der Waals surface area (Å²) in [5, 5.41) is 3.80. The molecule has 3 aromatic rings. The van der Waals surface area contributed by atoms with Gasteiger partial charge in [-0.05, 0) is 38.0 Å². The third kappa shape index (κ3) is 5.11. The van der Waals surface area contributed by atoms with E-state index >= 15 is 0 Å². The van der Waals surface area contributed by atoms with Gasteiger partial charge in [0.05, 0.1) is 11.3 Å². The number of nitrogens with one attached hydrogen (secondary N) is 1. The number of benzene rings is 2. The average Bonchev–Trinajstić information content (AvgIpc) is 3.04. The molecule has 1 heterocycles. The van der Waals surface area contributed by atoms with Crippen molar-refractivity contribution in [3.05, 3.63) is 83.0 Å². The highest BCUT2D eigenvalue weighted by molar-refractivity contribution is 7.89. The van der Waals surface area contributed by atoms with Crippen LogP contribution in [0.2, 0.25) is 0 Å². The summed E-state index contributed by atoms with van der Waals surface area (Å²) in [6.45, 7) is 3.28. The molecule has 0 fully saturated rings. The van der Waals surface area contributed by atoms with E-state index in [0.29, 0.717) is 22.6 Å². The Balaban J connectivity index is 1.83. The van der Waals surface area contributed by atoms with E-state index in [9.17, 15) is 17.6 Å². The number of ether oxygens (including phenoxy) is 1. The van der Waals surface area contributed by atoms with Crippen molar-refractivity contribution in [2.45, 2.75) is 37.8 Å². The number of rotatable bonds is 8. The molecule has 1 unspecified atom stereocenters. The van der Waals surface area contributed by atoms with E-state index in [-0.39, 0.29) is 13.0 Å². The maximum absolute atomic E-state index is 14.0. The molecule has 3 rings (SSSR count). The maximum Gasteiger partial charge on any atom is 0.324 e. The van der Waals surface area contributed by atoms with Crippen LogP contribution in [0, 0.1) is 19.7 Å². The lowest BCUT2D eigenvalue weighted by atomic mass is 10.1. The van der Waals surface area contributed by atoms with Gasteiger partial charge in [0.15, 0.2) is 0 Å². The molecule has 2 aromatic carbocycles. The standard InChI is InChI=1S/C21H21FN2O5S/c1-14-17(15(2)29-23-14)13-28-21(25)19(12-16-8-4-3-5-9-16)24-30(26,27)20-11-7-6-10-18(20)22/h3-11,19,24H,12-13H2,1-2H3. The Morgan fingerprint density at radius 2 is 1.80 bits per heavy atom. The second kappa shape index (κ2) is 9.19. The van der Waals surface area contributed by atoms with E-state index in [4.69, 9.17) is 9.26 Å². The molecule has 158 valence electrons. The van der Waals surface area contributed by atoms with Gasteiger partial charge in [0, 0.05) is 0 Å². The fraction of sp³-hybridized carbons (Fsp3) is 0.238. The van der Waals surface area contributed by atoms with Gasteiger partial charge in [0.1, 0.15) is 29.1 Å². The van der Waals surface area contributed by atoms with Crippen molar-refractivity contribution in [2.75, 3.05) is 0 Å². The first-order valence-corrected chi connectivity index (χ1v) is 10.7. The van der Waals surface area contributed by atoms with Gasteiger partial charge in [0.25, 0.3) is 0 Å². The van der Waals surface area contributed by atoms with Crippen LogP contribution in [-0.2, 0) is 32.6 Å². The molecule has 0 radical (unpaired) electrons. The molecule has 0 spiro atoms. The van der Waals surface area contributed by atoms with Crippen LogP contribution in [0.3, 0.4) is 0 Å². The van der Waals surface area contributed by atoms with Crippen LogP contribution >= 0.6 is 0 Å². The summed E-state index contributed by atoms with van der Waals surface area (Å²) in [4.78, 5) is 12.2. The van der Waals surface area contributed by atoms with Crippen LogP contribution in [0.25, 0.3) is 0 Å². The van der Waals surface area contributed by atoms with Gasteiger partial charge in [-0.1, -0.05) is 47.6 Å². The largest absolute Gasteiger partial charge is 0.459 e. The van der Waals surface area contributed by atoms with Crippen LogP contribution in [0.1, 0.15) is 22.6 Å². The highest BCUT2D eigenvalue weighted by atomic mass is 32.2. The van der Waals surface area contributed by atoms with Crippen LogP contribution in [0.15, 0.2) is 64.0 Å².